The van der Waals surface area contributed by atoms with Crippen LogP contribution in [0.5, 0.6) is 5.19 Å². The number of nitrogens with zero attached hydrogens (tertiary/aromatic N) is 2. The SMILES string of the molecule is Sc1nsc(OCCC2COCO2)n1. The Morgan fingerprint density at radius 3 is 3.21 bits per heavy atom. The Morgan fingerprint density at radius 1 is 1.64 bits per heavy atom. The maximum absolute atomic E-state index is 5.35. The van der Waals surface area contributed by atoms with Gasteiger partial charge in [0.2, 0.25) is 5.16 Å². The third kappa shape index (κ3) is 2.81. The van der Waals surface area contributed by atoms with Crippen molar-refractivity contribution in [3.63, 3.8) is 0 Å². The molecule has 0 radical (unpaired) electrons. The van der Waals surface area contributed by atoms with Gasteiger partial charge in [0.05, 0.1) is 19.3 Å². The van der Waals surface area contributed by atoms with Crippen LogP contribution in [-0.2, 0) is 9.47 Å². The van der Waals surface area contributed by atoms with Crippen LogP contribution in [0, 0.1) is 0 Å². The van der Waals surface area contributed by atoms with Gasteiger partial charge in [0.15, 0.2) is 0 Å². The molecule has 1 aromatic heterocycles. The van der Waals surface area contributed by atoms with Crippen molar-refractivity contribution in [2.24, 2.45) is 0 Å². The summed E-state index contributed by atoms with van der Waals surface area (Å²) in [6, 6.07) is 0. The molecule has 1 aliphatic rings. The molecule has 7 heteroatoms. The maximum atomic E-state index is 5.35. The molecule has 0 saturated carbocycles. The van der Waals surface area contributed by atoms with E-state index in [9.17, 15) is 0 Å². The Kier molecular flexibility index (Phi) is 3.57. The first-order valence-electron chi connectivity index (χ1n) is 4.19. The lowest BCUT2D eigenvalue weighted by atomic mass is 10.3. The summed E-state index contributed by atoms with van der Waals surface area (Å²) in [6.07, 6.45) is 0.958. The van der Waals surface area contributed by atoms with Crippen molar-refractivity contribution < 1.29 is 14.2 Å². The van der Waals surface area contributed by atoms with E-state index < -0.39 is 0 Å². The highest BCUT2D eigenvalue weighted by atomic mass is 32.1. The Morgan fingerprint density at radius 2 is 2.57 bits per heavy atom. The number of ether oxygens (including phenoxy) is 3. The van der Waals surface area contributed by atoms with Crippen molar-refractivity contribution in [1.29, 1.82) is 0 Å². The van der Waals surface area contributed by atoms with Gasteiger partial charge in [-0.2, -0.15) is 9.36 Å². The van der Waals surface area contributed by atoms with E-state index in [1.54, 1.807) is 0 Å². The molecule has 2 rings (SSSR count). The molecule has 1 fully saturated rings. The molecule has 0 aromatic carbocycles. The first-order valence-corrected chi connectivity index (χ1v) is 5.41. The van der Waals surface area contributed by atoms with Crippen LogP contribution in [0.2, 0.25) is 0 Å². The Hall–Kier alpha value is -0.370. The number of hydrogen-bond donors (Lipinski definition) is 1. The molecule has 14 heavy (non-hydrogen) atoms. The molecule has 1 saturated heterocycles. The fourth-order valence-corrected chi connectivity index (χ4v) is 1.82. The maximum Gasteiger partial charge on any atom is 0.293 e. The van der Waals surface area contributed by atoms with Gasteiger partial charge in [-0.3, -0.25) is 0 Å². The predicted molar refractivity (Wildman–Crippen MR) is 53.0 cm³/mol. The summed E-state index contributed by atoms with van der Waals surface area (Å²) in [6.45, 7) is 1.61. The number of aromatic nitrogens is 2. The smallest absolute Gasteiger partial charge is 0.293 e. The van der Waals surface area contributed by atoms with Gasteiger partial charge in [-0.15, -0.1) is 12.6 Å². The molecule has 5 nitrogen and oxygen atoms in total. The van der Waals surface area contributed by atoms with Crippen molar-refractivity contribution >= 4 is 24.2 Å². The average Bonchev–Trinajstić information content (AvgIpc) is 2.77. The van der Waals surface area contributed by atoms with Crippen LogP contribution >= 0.6 is 24.2 Å². The summed E-state index contributed by atoms with van der Waals surface area (Å²) in [7, 11) is 0. The van der Waals surface area contributed by atoms with Gasteiger partial charge in [0.25, 0.3) is 5.19 Å². The van der Waals surface area contributed by atoms with Crippen LogP contribution in [0.3, 0.4) is 0 Å². The Balaban J connectivity index is 1.67. The fourth-order valence-electron chi connectivity index (χ4n) is 1.08. The molecule has 0 spiro atoms. The van der Waals surface area contributed by atoms with E-state index in [0.717, 1.165) is 6.42 Å². The highest BCUT2D eigenvalue weighted by Crippen LogP contribution is 2.16. The Labute approximate surface area is 91.0 Å². The van der Waals surface area contributed by atoms with E-state index in [1.165, 1.54) is 11.5 Å². The molecule has 78 valence electrons. The lowest BCUT2D eigenvalue weighted by Gasteiger charge is -2.06. The highest BCUT2D eigenvalue weighted by Gasteiger charge is 2.15. The molecule has 0 aliphatic carbocycles. The summed E-state index contributed by atoms with van der Waals surface area (Å²) in [5.74, 6) is 0. The van der Waals surface area contributed by atoms with E-state index >= 15 is 0 Å². The van der Waals surface area contributed by atoms with Gasteiger partial charge in [-0.05, 0) is 0 Å². The molecule has 1 atom stereocenters. The second kappa shape index (κ2) is 4.92. The second-order valence-electron chi connectivity index (χ2n) is 2.77. The number of rotatable bonds is 4. The van der Waals surface area contributed by atoms with Crippen LogP contribution in [0.15, 0.2) is 5.16 Å². The molecule has 0 N–H and O–H groups in total. The average molecular weight is 234 g/mol. The summed E-state index contributed by atoms with van der Waals surface area (Å²) in [5.41, 5.74) is 0. The predicted octanol–water partition coefficient (Wildman–Crippen LogP) is 0.969. The lowest BCUT2D eigenvalue weighted by Crippen LogP contribution is -2.13. The monoisotopic (exact) mass is 234 g/mol. The molecule has 0 amide bonds. The number of thiol groups is 1. The molecule has 2 heterocycles. The fraction of sp³-hybridized carbons (Fsp3) is 0.714. The van der Waals surface area contributed by atoms with E-state index in [1.807, 2.05) is 0 Å². The summed E-state index contributed by atoms with van der Waals surface area (Å²) in [5, 5.41) is 0.999. The molecule has 1 unspecified atom stereocenters. The van der Waals surface area contributed by atoms with Gasteiger partial charge >= 0.3 is 0 Å². The largest absolute Gasteiger partial charge is 0.469 e. The van der Waals surface area contributed by atoms with Crippen LogP contribution in [0.4, 0.5) is 0 Å². The van der Waals surface area contributed by atoms with E-state index in [-0.39, 0.29) is 6.10 Å². The van der Waals surface area contributed by atoms with E-state index in [4.69, 9.17) is 14.2 Å². The summed E-state index contributed by atoms with van der Waals surface area (Å²) >= 11 is 5.18. The van der Waals surface area contributed by atoms with Crippen LogP contribution in [0.1, 0.15) is 6.42 Å². The zero-order valence-electron chi connectivity index (χ0n) is 7.38. The van der Waals surface area contributed by atoms with Crippen LogP contribution < -0.4 is 4.74 Å². The topological polar surface area (TPSA) is 53.5 Å². The normalized spacial score (nSPS) is 21.4. The minimum absolute atomic E-state index is 0.151. The summed E-state index contributed by atoms with van der Waals surface area (Å²) < 4.78 is 19.5. The second-order valence-corrected chi connectivity index (χ2v) is 3.89. The minimum Gasteiger partial charge on any atom is -0.469 e. The van der Waals surface area contributed by atoms with Crippen molar-refractivity contribution in [1.82, 2.24) is 9.36 Å². The molecular weight excluding hydrogens is 224 g/mol. The van der Waals surface area contributed by atoms with Gasteiger partial charge in [-0.25, -0.2) is 0 Å². The first kappa shape index (κ1) is 10.2. The molecular formula is C7H10N2O3S2. The van der Waals surface area contributed by atoms with Gasteiger partial charge < -0.3 is 14.2 Å². The molecule has 1 aromatic rings. The van der Waals surface area contributed by atoms with Crippen molar-refractivity contribution in [2.75, 3.05) is 20.0 Å². The Bertz CT molecular complexity index is 288. The van der Waals surface area contributed by atoms with Gasteiger partial charge in [-0.1, -0.05) is 0 Å². The standard InChI is InChI=1S/C7H10N2O3S2/c13-6-8-7(14-9-6)11-2-1-5-3-10-4-12-5/h5H,1-4H2,(H,9,13). The van der Waals surface area contributed by atoms with E-state index in [2.05, 4.69) is 22.0 Å². The third-order valence-electron chi connectivity index (χ3n) is 1.75. The van der Waals surface area contributed by atoms with Crippen LogP contribution in [0.25, 0.3) is 0 Å². The van der Waals surface area contributed by atoms with Gasteiger partial charge in [0, 0.05) is 18.0 Å². The van der Waals surface area contributed by atoms with Crippen molar-refractivity contribution in [3.05, 3.63) is 0 Å². The van der Waals surface area contributed by atoms with E-state index in [0.29, 0.717) is 30.4 Å². The highest BCUT2D eigenvalue weighted by molar-refractivity contribution is 7.80. The quantitative estimate of drug-likeness (QED) is 0.787. The first-order chi connectivity index (χ1) is 6.84. The summed E-state index contributed by atoms with van der Waals surface area (Å²) in [4.78, 5) is 3.95. The molecule has 1 aliphatic heterocycles. The third-order valence-corrected chi connectivity index (χ3v) is 2.72. The van der Waals surface area contributed by atoms with Crippen molar-refractivity contribution in [3.8, 4) is 5.19 Å². The van der Waals surface area contributed by atoms with Crippen molar-refractivity contribution in [2.45, 2.75) is 17.7 Å². The lowest BCUT2D eigenvalue weighted by molar-refractivity contribution is 0.0409. The van der Waals surface area contributed by atoms with Crippen LogP contribution in [-0.4, -0.2) is 35.5 Å². The van der Waals surface area contributed by atoms with Gasteiger partial charge in [0.1, 0.15) is 6.79 Å². The zero-order chi connectivity index (χ0) is 9.80. The zero-order valence-corrected chi connectivity index (χ0v) is 9.09. The minimum atomic E-state index is 0.151. The molecule has 0 bridgehead atoms. The number of hydrogen-bond acceptors (Lipinski definition) is 7.